The number of rotatable bonds is 7. The Morgan fingerprint density at radius 1 is 0.339 bits per heavy atom. The largest absolute Gasteiger partial charge is 0.434 e. The molecular formula is C54H33N7O. The Labute approximate surface area is 355 Å². The van der Waals surface area contributed by atoms with Crippen LogP contribution in [-0.4, -0.2) is 34.5 Å². The Morgan fingerprint density at radius 3 is 1.37 bits per heavy atom. The summed E-state index contributed by atoms with van der Waals surface area (Å²) in [6.45, 7) is 0. The third kappa shape index (κ3) is 6.09. The van der Waals surface area contributed by atoms with Gasteiger partial charge < -0.3 is 8.98 Å². The topological polar surface area (TPSA) is 95.4 Å². The van der Waals surface area contributed by atoms with Gasteiger partial charge in [0.15, 0.2) is 28.9 Å². The molecule has 12 aromatic rings. The lowest BCUT2D eigenvalue weighted by atomic mass is 10.0. The smallest absolute Gasteiger partial charge is 0.229 e. The second-order valence-electron chi connectivity index (χ2n) is 15.1. The predicted molar refractivity (Wildman–Crippen MR) is 247 cm³/mol. The summed E-state index contributed by atoms with van der Waals surface area (Å²) in [4.78, 5) is 29.8. The number of hydrogen-bond acceptors (Lipinski definition) is 7. The maximum Gasteiger partial charge on any atom is 0.229 e. The fourth-order valence-electron chi connectivity index (χ4n) is 8.33. The summed E-state index contributed by atoms with van der Waals surface area (Å²) in [7, 11) is 0. The zero-order valence-electron chi connectivity index (χ0n) is 33.1. The van der Waals surface area contributed by atoms with Gasteiger partial charge in [-0.2, -0.15) is 0 Å². The summed E-state index contributed by atoms with van der Waals surface area (Å²) in [6.07, 6.45) is 1.73. The van der Waals surface area contributed by atoms with Crippen molar-refractivity contribution in [1.29, 1.82) is 0 Å². The van der Waals surface area contributed by atoms with Crippen LogP contribution in [0.15, 0.2) is 205 Å². The molecule has 0 bridgehead atoms. The highest BCUT2D eigenvalue weighted by molar-refractivity contribution is 6.09. The van der Waals surface area contributed by atoms with Crippen LogP contribution in [0.1, 0.15) is 0 Å². The highest BCUT2D eigenvalue weighted by Gasteiger charge is 2.20. The summed E-state index contributed by atoms with van der Waals surface area (Å²) in [5.41, 5.74) is 12.6. The molecule has 0 aliphatic rings. The van der Waals surface area contributed by atoms with Crippen molar-refractivity contribution in [2.75, 3.05) is 0 Å². The average molecular weight is 796 g/mol. The second kappa shape index (κ2) is 14.6. The van der Waals surface area contributed by atoms with Crippen LogP contribution in [0, 0.1) is 0 Å². The van der Waals surface area contributed by atoms with Crippen molar-refractivity contribution < 1.29 is 4.42 Å². The lowest BCUT2D eigenvalue weighted by molar-refractivity contribution is 0.652. The van der Waals surface area contributed by atoms with E-state index in [0.29, 0.717) is 45.8 Å². The van der Waals surface area contributed by atoms with E-state index in [0.717, 1.165) is 61.1 Å². The van der Waals surface area contributed by atoms with Crippen LogP contribution in [-0.2, 0) is 0 Å². The summed E-state index contributed by atoms with van der Waals surface area (Å²) >= 11 is 0. The van der Waals surface area contributed by atoms with Gasteiger partial charge in [-0.15, -0.1) is 0 Å². The summed E-state index contributed by atoms with van der Waals surface area (Å²) in [5.74, 6) is 2.32. The van der Waals surface area contributed by atoms with Gasteiger partial charge in [0.1, 0.15) is 11.2 Å². The minimum atomic E-state index is 0.521. The van der Waals surface area contributed by atoms with Gasteiger partial charge in [-0.25, -0.2) is 29.9 Å². The first kappa shape index (κ1) is 35.3. The van der Waals surface area contributed by atoms with Gasteiger partial charge in [0, 0.05) is 50.5 Å². The number of aromatic nitrogens is 7. The molecular weight excluding hydrogens is 763 g/mol. The Kier molecular flexibility index (Phi) is 8.31. The maximum atomic E-state index is 6.32. The van der Waals surface area contributed by atoms with Crippen LogP contribution in [0.4, 0.5) is 0 Å². The van der Waals surface area contributed by atoms with Crippen molar-refractivity contribution in [2.24, 2.45) is 0 Å². The molecule has 0 aliphatic heterocycles. The van der Waals surface area contributed by atoms with Crippen molar-refractivity contribution in [2.45, 2.75) is 0 Å². The van der Waals surface area contributed by atoms with Gasteiger partial charge in [0.25, 0.3) is 0 Å². The fourth-order valence-corrected chi connectivity index (χ4v) is 8.33. The molecule has 5 aromatic heterocycles. The number of pyridine rings is 1. The molecule has 0 aliphatic carbocycles. The maximum absolute atomic E-state index is 6.32. The molecule has 0 radical (unpaired) electrons. The molecule has 0 unspecified atom stereocenters. The van der Waals surface area contributed by atoms with Crippen molar-refractivity contribution in [3.63, 3.8) is 0 Å². The monoisotopic (exact) mass is 795 g/mol. The quantitative estimate of drug-likeness (QED) is 0.158. The number of benzene rings is 7. The number of nitrogens with zero attached hydrogens (tertiary/aromatic N) is 7. The Hall–Kier alpha value is -8.62. The van der Waals surface area contributed by atoms with E-state index in [1.54, 1.807) is 6.20 Å². The van der Waals surface area contributed by atoms with Gasteiger partial charge in [-0.1, -0.05) is 146 Å². The van der Waals surface area contributed by atoms with E-state index in [9.17, 15) is 0 Å². The zero-order valence-corrected chi connectivity index (χ0v) is 33.1. The molecule has 7 aromatic carbocycles. The lowest BCUT2D eigenvalue weighted by Gasteiger charge is -2.11. The molecule has 12 rings (SSSR count). The number of para-hydroxylation sites is 2. The third-order valence-electron chi connectivity index (χ3n) is 11.4. The van der Waals surface area contributed by atoms with Gasteiger partial charge in [-0.3, -0.25) is 0 Å². The van der Waals surface area contributed by atoms with E-state index in [2.05, 4.69) is 119 Å². The molecule has 0 spiro atoms. The molecule has 0 fully saturated rings. The van der Waals surface area contributed by atoms with Gasteiger partial charge >= 0.3 is 0 Å². The van der Waals surface area contributed by atoms with Crippen molar-refractivity contribution >= 4 is 44.0 Å². The molecule has 0 saturated carbocycles. The molecule has 8 heteroatoms. The van der Waals surface area contributed by atoms with Crippen LogP contribution < -0.4 is 0 Å². The van der Waals surface area contributed by atoms with Gasteiger partial charge in [0.2, 0.25) is 5.71 Å². The van der Waals surface area contributed by atoms with E-state index in [4.69, 9.17) is 29.3 Å². The molecule has 62 heavy (non-hydrogen) atoms. The first-order chi connectivity index (χ1) is 30.7. The van der Waals surface area contributed by atoms with Crippen LogP contribution in [0.25, 0.3) is 118 Å². The normalized spacial score (nSPS) is 11.5. The highest BCUT2D eigenvalue weighted by atomic mass is 16.3. The first-order valence-electron chi connectivity index (χ1n) is 20.4. The third-order valence-corrected chi connectivity index (χ3v) is 11.4. The minimum Gasteiger partial charge on any atom is -0.434 e. The summed E-state index contributed by atoms with van der Waals surface area (Å²) in [6, 6.07) is 66.2. The van der Waals surface area contributed by atoms with Crippen LogP contribution in [0.5, 0.6) is 0 Å². The second-order valence-corrected chi connectivity index (χ2v) is 15.1. The molecule has 5 heterocycles. The zero-order chi connectivity index (χ0) is 41.0. The minimum absolute atomic E-state index is 0.521. The number of hydrogen-bond donors (Lipinski definition) is 0. The van der Waals surface area contributed by atoms with Crippen LogP contribution in [0.3, 0.4) is 0 Å². The molecule has 0 amide bonds. The molecule has 0 atom stereocenters. The van der Waals surface area contributed by atoms with Gasteiger partial charge in [-0.05, 0) is 59.7 Å². The van der Waals surface area contributed by atoms with Crippen molar-refractivity contribution in [3.8, 4) is 73.6 Å². The number of fused-ring (bicyclic) bond motifs is 6. The SMILES string of the molecule is c1ccc(-c2ccc(-c3nc(-c4ccc(-c5nc(-c6ccccc6)nc(-c6ccc(-n7c8ccccc8c8ccccc87)cc6)n5)cc4)nc4c3oc3ncccc34)cc2)cc1. The van der Waals surface area contributed by atoms with E-state index in [1.807, 2.05) is 84.9 Å². The predicted octanol–water partition coefficient (Wildman–Crippen LogP) is 13.1. The van der Waals surface area contributed by atoms with Crippen molar-refractivity contribution in [1.82, 2.24) is 34.5 Å². The lowest BCUT2D eigenvalue weighted by Crippen LogP contribution is -2.01. The molecule has 0 saturated heterocycles. The van der Waals surface area contributed by atoms with E-state index in [1.165, 1.54) is 10.8 Å². The summed E-state index contributed by atoms with van der Waals surface area (Å²) in [5, 5.41) is 3.28. The van der Waals surface area contributed by atoms with Crippen LogP contribution in [0.2, 0.25) is 0 Å². The van der Waals surface area contributed by atoms with E-state index in [-0.39, 0.29) is 0 Å². The Morgan fingerprint density at radius 2 is 0.774 bits per heavy atom. The first-order valence-corrected chi connectivity index (χ1v) is 20.4. The highest BCUT2D eigenvalue weighted by Crippen LogP contribution is 2.37. The molecule has 0 N–H and O–H groups in total. The van der Waals surface area contributed by atoms with Crippen molar-refractivity contribution in [3.05, 3.63) is 200 Å². The number of furan rings is 1. The molecule has 290 valence electrons. The van der Waals surface area contributed by atoms with Crippen LogP contribution >= 0.6 is 0 Å². The Balaban J connectivity index is 0.931. The standard InChI is InChI=1S/C54H33N7O/c1-3-12-34(13-4-1)35-21-23-36(24-22-35)47-49-48(44-18-11-33-55-54(44)62-49)57-50(56-47)38-25-27-39(28-26-38)52-58-51(37-14-5-2-6-15-37)59-53(60-52)40-29-31-41(32-30-40)61-45-19-9-7-16-42(45)43-17-8-10-20-46(43)61/h1-33H. The summed E-state index contributed by atoms with van der Waals surface area (Å²) < 4.78 is 8.62. The van der Waals surface area contributed by atoms with E-state index >= 15 is 0 Å². The average Bonchev–Trinajstić information content (AvgIpc) is 3.90. The molecule has 8 nitrogen and oxygen atoms in total. The van der Waals surface area contributed by atoms with Gasteiger partial charge in [0.05, 0.1) is 16.4 Å². The fraction of sp³-hybridized carbons (Fsp3) is 0. The van der Waals surface area contributed by atoms with E-state index < -0.39 is 0 Å². The Bertz CT molecular complexity index is 3550.